The van der Waals surface area contributed by atoms with Crippen LogP contribution in [0.25, 0.3) is 11.0 Å². The Morgan fingerprint density at radius 3 is 2.85 bits per heavy atom. The second-order valence-corrected chi connectivity index (χ2v) is 4.23. The Balaban J connectivity index is 1.88. The van der Waals surface area contributed by atoms with Gasteiger partial charge in [0.15, 0.2) is 0 Å². The predicted octanol–water partition coefficient (Wildman–Crippen LogP) is -0.313. The van der Waals surface area contributed by atoms with Gasteiger partial charge in [0.1, 0.15) is 0 Å². The Bertz CT molecular complexity index is 876. The zero-order valence-electron chi connectivity index (χ0n) is 10.4. The minimum atomic E-state index is -0.890. The summed E-state index contributed by atoms with van der Waals surface area (Å²) in [6.07, 6.45) is 1.67. The number of aromatic nitrogens is 5. The molecule has 0 aliphatic carbocycles. The summed E-state index contributed by atoms with van der Waals surface area (Å²) in [5.41, 5.74) is 0.253. The van der Waals surface area contributed by atoms with Gasteiger partial charge in [0, 0.05) is 6.54 Å². The van der Waals surface area contributed by atoms with Crippen LogP contribution in [0.5, 0.6) is 5.88 Å². The van der Waals surface area contributed by atoms with Crippen LogP contribution in [0.1, 0.15) is 0 Å². The van der Waals surface area contributed by atoms with E-state index in [0.717, 1.165) is 15.7 Å². The molecule has 20 heavy (non-hydrogen) atoms. The Labute approximate surface area is 111 Å². The first-order valence-corrected chi connectivity index (χ1v) is 5.95. The predicted molar refractivity (Wildman–Crippen MR) is 70.5 cm³/mol. The maximum absolute atomic E-state index is 11.5. The SMILES string of the molecule is O=c1[nH]c(=O)n(CCn2cnc3ccccc32)nc1O. The van der Waals surface area contributed by atoms with E-state index in [1.807, 2.05) is 33.8 Å². The zero-order chi connectivity index (χ0) is 14.1. The van der Waals surface area contributed by atoms with Gasteiger partial charge < -0.3 is 9.67 Å². The topological polar surface area (TPSA) is 106 Å². The fraction of sp³-hybridized carbons (Fsp3) is 0.167. The standard InChI is InChI=1S/C12H11N5O3/c18-10-11(19)15-17(12(20)14-10)6-5-16-7-13-8-3-1-2-4-9(8)16/h1-4,7H,5-6H2,(H,15,19)(H,14,18,20). The number of imidazole rings is 1. The molecule has 0 amide bonds. The molecule has 0 saturated carbocycles. The summed E-state index contributed by atoms with van der Waals surface area (Å²) in [5.74, 6) is -0.722. The van der Waals surface area contributed by atoms with Crippen LogP contribution in [0, 0.1) is 0 Å². The van der Waals surface area contributed by atoms with E-state index in [0.29, 0.717) is 6.54 Å². The average Bonchev–Trinajstić information content (AvgIpc) is 2.85. The van der Waals surface area contributed by atoms with E-state index in [1.54, 1.807) is 6.33 Å². The lowest BCUT2D eigenvalue weighted by atomic mass is 10.3. The van der Waals surface area contributed by atoms with Gasteiger partial charge in [-0.2, -0.15) is 0 Å². The monoisotopic (exact) mass is 273 g/mol. The van der Waals surface area contributed by atoms with Crippen molar-refractivity contribution in [2.75, 3.05) is 0 Å². The Kier molecular flexibility index (Phi) is 2.82. The number of hydrogen-bond donors (Lipinski definition) is 2. The summed E-state index contributed by atoms with van der Waals surface area (Å²) in [5, 5.41) is 12.8. The lowest BCUT2D eigenvalue weighted by molar-refractivity contribution is 0.394. The third-order valence-corrected chi connectivity index (χ3v) is 2.95. The van der Waals surface area contributed by atoms with E-state index in [9.17, 15) is 14.7 Å². The first kappa shape index (κ1) is 12.2. The van der Waals surface area contributed by atoms with Crippen molar-refractivity contribution in [1.29, 1.82) is 0 Å². The highest BCUT2D eigenvalue weighted by Crippen LogP contribution is 2.11. The third kappa shape index (κ3) is 2.07. The highest BCUT2D eigenvalue weighted by Gasteiger charge is 2.06. The van der Waals surface area contributed by atoms with Gasteiger partial charge in [0.2, 0.25) is 0 Å². The van der Waals surface area contributed by atoms with Gasteiger partial charge in [-0.3, -0.25) is 9.78 Å². The Hall–Kier alpha value is -2.90. The van der Waals surface area contributed by atoms with Crippen molar-refractivity contribution < 1.29 is 5.11 Å². The lowest BCUT2D eigenvalue weighted by Gasteiger charge is -2.05. The van der Waals surface area contributed by atoms with Gasteiger partial charge in [0.25, 0.3) is 5.88 Å². The van der Waals surface area contributed by atoms with E-state index in [4.69, 9.17) is 0 Å². The number of rotatable bonds is 3. The van der Waals surface area contributed by atoms with Crippen LogP contribution in [0.15, 0.2) is 40.2 Å². The van der Waals surface area contributed by atoms with Crippen molar-refractivity contribution in [1.82, 2.24) is 24.3 Å². The molecule has 2 aromatic heterocycles. The molecule has 8 heteroatoms. The molecule has 0 bridgehead atoms. The van der Waals surface area contributed by atoms with Crippen LogP contribution in [0.3, 0.4) is 0 Å². The maximum atomic E-state index is 11.5. The quantitative estimate of drug-likeness (QED) is 0.680. The smallest absolute Gasteiger partial charge is 0.345 e. The molecule has 3 rings (SSSR count). The minimum Gasteiger partial charge on any atom is -0.488 e. The molecule has 2 heterocycles. The molecule has 0 aliphatic heterocycles. The van der Waals surface area contributed by atoms with Crippen LogP contribution in [0.2, 0.25) is 0 Å². The summed E-state index contributed by atoms with van der Waals surface area (Å²) in [7, 11) is 0. The lowest BCUT2D eigenvalue weighted by Crippen LogP contribution is -2.32. The molecule has 2 N–H and O–H groups in total. The highest BCUT2D eigenvalue weighted by atomic mass is 16.3. The fourth-order valence-corrected chi connectivity index (χ4v) is 1.97. The number of hydrogen-bond acceptors (Lipinski definition) is 5. The molecular formula is C12H11N5O3. The number of aromatic hydroxyl groups is 1. The van der Waals surface area contributed by atoms with Crippen molar-refractivity contribution >= 4 is 11.0 Å². The number of nitrogens with zero attached hydrogens (tertiary/aromatic N) is 4. The summed E-state index contributed by atoms with van der Waals surface area (Å²) in [6.45, 7) is 0.655. The van der Waals surface area contributed by atoms with E-state index in [-0.39, 0.29) is 6.54 Å². The van der Waals surface area contributed by atoms with Crippen LogP contribution in [0.4, 0.5) is 0 Å². The minimum absolute atomic E-state index is 0.212. The van der Waals surface area contributed by atoms with E-state index >= 15 is 0 Å². The number of para-hydroxylation sites is 2. The molecule has 0 radical (unpaired) electrons. The molecule has 3 aromatic rings. The highest BCUT2D eigenvalue weighted by molar-refractivity contribution is 5.74. The number of aromatic amines is 1. The van der Waals surface area contributed by atoms with Crippen LogP contribution >= 0.6 is 0 Å². The van der Waals surface area contributed by atoms with Gasteiger partial charge in [0.05, 0.1) is 23.9 Å². The molecule has 0 fully saturated rings. The van der Waals surface area contributed by atoms with Gasteiger partial charge >= 0.3 is 11.2 Å². The normalized spacial score (nSPS) is 11.0. The first-order valence-electron chi connectivity index (χ1n) is 5.95. The van der Waals surface area contributed by atoms with Crippen LogP contribution in [-0.4, -0.2) is 29.4 Å². The summed E-state index contributed by atoms with van der Waals surface area (Å²) < 4.78 is 2.87. The van der Waals surface area contributed by atoms with E-state index in [2.05, 4.69) is 10.1 Å². The largest absolute Gasteiger partial charge is 0.488 e. The van der Waals surface area contributed by atoms with Crippen molar-refractivity contribution in [2.45, 2.75) is 13.1 Å². The molecular weight excluding hydrogens is 262 g/mol. The van der Waals surface area contributed by atoms with Crippen LogP contribution in [-0.2, 0) is 13.1 Å². The first-order chi connectivity index (χ1) is 9.65. The summed E-state index contributed by atoms with van der Waals surface area (Å²) in [4.78, 5) is 28.7. The average molecular weight is 273 g/mol. The van der Waals surface area contributed by atoms with E-state index < -0.39 is 17.1 Å². The summed E-state index contributed by atoms with van der Waals surface area (Å²) >= 11 is 0. The van der Waals surface area contributed by atoms with Crippen molar-refractivity contribution in [2.24, 2.45) is 0 Å². The number of fused-ring (bicyclic) bond motifs is 1. The molecule has 0 atom stereocenters. The van der Waals surface area contributed by atoms with Gasteiger partial charge in [-0.1, -0.05) is 12.1 Å². The van der Waals surface area contributed by atoms with Crippen molar-refractivity contribution in [3.05, 3.63) is 51.4 Å². The van der Waals surface area contributed by atoms with Crippen molar-refractivity contribution in [3.63, 3.8) is 0 Å². The molecule has 0 spiro atoms. The molecule has 0 saturated heterocycles. The Morgan fingerprint density at radius 2 is 2.00 bits per heavy atom. The van der Waals surface area contributed by atoms with Gasteiger partial charge in [-0.05, 0) is 12.1 Å². The third-order valence-electron chi connectivity index (χ3n) is 2.95. The number of benzene rings is 1. The van der Waals surface area contributed by atoms with Gasteiger partial charge in [-0.15, -0.1) is 5.10 Å². The summed E-state index contributed by atoms with van der Waals surface area (Å²) in [6, 6.07) is 7.60. The maximum Gasteiger partial charge on any atom is 0.345 e. The fourth-order valence-electron chi connectivity index (χ4n) is 1.97. The second kappa shape index (κ2) is 4.65. The van der Waals surface area contributed by atoms with Crippen LogP contribution < -0.4 is 11.2 Å². The number of H-pyrrole nitrogens is 1. The molecule has 1 aromatic carbocycles. The molecule has 8 nitrogen and oxygen atoms in total. The number of aryl methyl sites for hydroxylation is 2. The Morgan fingerprint density at radius 1 is 1.20 bits per heavy atom. The van der Waals surface area contributed by atoms with Crippen molar-refractivity contribution in [3.8, 4) is 5.88 Å². The number of nitrogens with one attached hydrogen (secondary N) is 1. The second-order valence-electron chi connectivity index (χ2n) is 4.23. The van der Waals surface area contributed by atoms with E-state index in [1.165, 1.54) is 0 Å². The molecule has 102 valence electrons. The molecule has 0 aliphatic rings. The molecule has 0 unspecified atom stereocenters. The zero-order valence-corrected chi connectivity index (χ0v) is 10.4. The van der Waals surface area contributed by atoms with Gasteiger partial charge in [-0.25, -0.2) is 14.5 Å².